The normalized spacial score (nSPS) is 21.8. The number of benzene rings is 1. The third-order valence-electron chi connectivity index (χ3n) is 3.68. The highest BCUT2D eigenvalue weighted by Crippen LogP contribution is 2.39. The summed E-state index contributed by atoms with van der Waals surface area (Å²) in [7, 11) is 1.27. The lowest BCUT2D eigenvalue weighted by atomic mass is 9.69. The van der Waals surface area contributed by atoms with E-state index < -0.39 is 11.4 Å². The minimum atomic E-state index is -1.28. The lowest BCUT2D eigenvalue weighted by Gasteiger charge is -2.32. The highest BCUT2D eigenvalue weighted by atomic mass is 16.5. The molecule has 0 saturated carbocycles. The van der Waals surface area contributed by atoms with Crippen LogP contribution in [0.1, 0.15) is 29.6 Å². The molecule has 4 heteroatoms. The predicted molar refractivity (Wildman–Crippen MR) is 73.2 cm³/mol. The number of rotatable bonds is 4. The van der Waals surface area contributed by atoms with Gasteiger partial charge in [0.05, 0.1) is 7.11 Å². The second-order valence-electron chi connectivity index (χ2n) is 4.88. The molecule has 0 heterocycles. The minimum absolute atomic E-state index is 0.108. The van der Waals surface area contributed by atoms with E-state index in [1.165, 1.54) is 7.11 Å². The second kappa shape index (κ2) is 5.82. The zero-order chi connectivity index (χ0) is 14.6. The summed E-state index contributed by atoms with van der Waals surface area (Å²) in [4.78, 5) is 35.9. The van der Waals surface area contributed by atoms with E-state index in [4.69, 9.17) is 4.74 Å². The molecule has 1 atom stereocenters. The summed E-state index contributed by atoms with van der Waals surface area (Å²) in [6.45, 7) is 0. The average molecular weight is 272 g/mol. The Labute approximate surface area is 117 Å². The zero-order valence-corrected chi connectivity index (χ0v) is 11.3. The van der Waals surface area contributed by atoms with Gasteiger partial charge in [0.15, 0.2) is 5.78 Å². The first-order valence-electron chi connectivity index (χ1n) is 6.46. The van der Waals surface area contributed by atoms with Crippen LogP contribution in [0.4, 0.5) is 0 Å². The lowest BCUT2D eigenvalue weighted by molar-refractivity contribution is -0.150. The van der Waals surface area contributed by atoms with Crippen LogP contribution in [0.2, 0.25) is 0 Å². The van der Waals surface area contributed by atoms with Crippen molar-refractivity contribution in [3.05, 3.63) is 47.5 Å². The number of ketones is 1. The molecule has 0 amide bonds. The highest BCUT2D eigenvalue weighted by molar-refractivity contribution is 6.13. The van der Waals surface area contributed by atoms with Crippen molar-refractivity contribution in [1.29, 1.82) is 0 Å². The van der Waals surface area contributed by atoms with E-state index in [2.05, 4.69) is 0 Å². The predicted octanol–water partition coefficient (Wildman–Crippen LogP) is 2.34. The molecule has 1 aromatic rings. The fourth-order valence-corrected chi connectivity index (χ4v) is 2.62. The molecule has 4 nitrogen and oxygen atoms in total. The van der Waals surface area contributed by atoms with E-state index in [9.17, 15) is 14.4 Å². The molecule has 0 N–H and O–H groups in total. The number of hydrogen-bond donors (Lipinski definition) is 0. The van der Waals surface area contributed by atoms with Crippen LogP contribution in [0.15, 0.2) is 42.0 Å². The van der Waals surface area contributed by atoms with Crippen molar-refractivity contribution in [3.8, 4) is 0 Å². The number of ether oxygens (including phenoxy) is 1. The summed E-state index contributed by atoms with van der Waals surface area (Å²) in [5.41, 5.74) is -0.336. The second-order valence-corrected chi connectivity index (χ2v) is 4.88. The Kier molecular flexibility index (Phi) is 4.13. The molecule has 1 unspecified atom stereocenters. The molecule has 0 bridgehead atoms. The van der Waals surface area contributed by atoms with Crippen LogP contribution in [0.3, 0.4) is 0 Å². The van der Waals surface area contributed by atoms with E-state index in [1.54, 1.807) is 36.4 Å². The highest BCUT2D eigenvalue weighted by Gasteiger charge is 2.48. The Morgan fingerprint density at radius 1 is 1.25 bits per heavy atom. The maximum Gasteiger partial charge on any atom is 0.320 e. The van der Waals surface area contributed by atoms with Gasteiger partial charge in [-0.15, -0.1) is 0 Å². The number of carbonyl (C=O) groups excluding carboxylic acids is 3. The van der Waals surface area contributed by atoms with Crippen LogP contribution in [0.25, 0.3) is 0 Å². The molecular formula is C16H16O4. The van der Waals surface area contributed by atoms with Crippen molar-refractivity contribution in [2.45, 2.75) is 19.3 Å². The van der Waals surface area contributed by atoms with Gasteiger partial charge in [-0.25, -0.2) is 0 Å². The van der Waals surface area contributed by atoms with Crippen LogP contribution in [0, 0.1) is 5.41 Å². The van der Waals surface area contributed by atoms with Gasteiger partial charge in [-0.3, -0.25) is 14.4 Å². The van der Waals surface area contributed by atoms with Crippen LogP contribution >= 0.6 is 0 Å². The number of carbonyl (C=O) groups is 3. The summed E-state index contributed by atoms with van der Waals surface area (Å²) in [5.74, 6) is -0.851. The van der Waals surface area contributed by atoms with Gasteiger partial charge in [0.1, 0.15) is 11.7 Å². The topological polar surface area (TPSA) is 60.4 Å². The number of esters is 1. The maximum absolute atomic E-state index is 12.7. The number of Topliss-reactive ketones (excluding diaryl/α,β-unsaturated/α-hetero) is 1. The standard InChI is InChI=1S/C16H16O4/c1-20-15(19)16(9-5-6-12(10-16)11-17)14(18)13-7-3-2-4-8-13/h2-4,6-8,11H,5,9-10H2,1H3. The molecule has 2 rings (SSSR count). The first-order valence-corrected chi connectivity index (χ1v) is 6.46. The van der Waals surface area contributed by atoms with E-state index in [-0.39, 0.29) is 12.2 Å². The van der Waals surface area contributed by atoms with Gasteiger partial charge >= 0.3 is 5.97 Å². The molecule has 0 saturated heterocycles. The molecule has 0 aromatic heterocycles. The molecule has 0 spiro atoms. The number of methoxy groups -OCH3 is 1. The van der Waals surface area contributed by atoms with Crippen LogP contribution in [0.5, 0.6) is 0 Å². The van der Waals surface area contributed by atoms with Crippen LogP contribution < -0.4 is 0 Å². The fraction of sp³-hybridized carbons (Fsp3) is 0.312. The largest absolute Gasteiger partial charge is 0.468 e. The third-order valence-corrected chi connectivity index (χ3v) is 3.68. The number of allylic oxidation sites excluding steroid dienone is 2. The van der Waals surface area contributed by atoms with Crippen molar-refractivity contribution >= 4 is 18.0 Å². The first-order chi connectivity index (χ1) is 9.64. The monoisotopic (exact) mass is 272 g/mol. The maximum atomic E-state index is 12.7. The number of hydrogen-bond acceptors (Lipinski definition) is 4. The van der Waals surface area contributed by atoms with E-state index >= 15 is 0 Å². The van der Waals surface area contributed by atoms with Gasteiger partial charge in [-0.05, 0) is 24.8 Å². The molecule has 0 fully saturated rings. The molecule has 20 heavy (non-hydrogen) atoms. The minimum Gasteiger partial charge on any atom is -0.468 e. The molecular weight excluding hydrogens is 256 g/mol. The molecule has 0 radical (unpaired) electrons. The molecule has 104 valence electrons. The van der Waals surface area contributed by atoms with Crippen LogP contribution in [-0.4, -0.2) is 25.1 Å². The van der Waals surface area contributed by atoms with Crippen molar-refractivity contribution in [1.82, 2.24) is 0 Å². The Bertz CT molecular complexity index is 559. The number of aldehydes is 1. The van der Waals surface area contributed by atoms with Gasteiger partial charge in [0.2, 0.25) is 0 Å². The van der Waals surface area contributed by atoms with Gasteiger partial charge in [-0.1, -0.05) is 36.4 Å². The SMILES string of the molecule is COC(=O)C1(C(=O)c2ccccc2)CCC=C(C=O)C1. The van der Waals surface area contributed by atoms with Gasteiger partial charge < -0.3 is 4.74 Å². The summed E-state index contributed by atoms with van der Waals surface area (Å²) < 4.78 is 4.83. The quantitative estimate of drug-likeness (QED) is 0.365. The zero-order valence-electron chi connectivity index (χ0n) is 11.3. The van der Waals surface area contributed by atoms with Crippen molar-refractivity contribution in [3.63, 3.8) is 0 Å². The Balaban J connectivity index is 2.43. The van der Waals surface area contributed by atoms with Crippen molar-refractivity contribution in [2.75, 3.05) is 7.11 Å². The molecule has 1 aliphatic rings. The van der Waals surface area contributed by atoms with E-state index in [0.717, 1.165) is 0 Å². The Morgan fingerprint density at radius 2 is 1.95 bits per heavy atom. The average Bonchev–Trinajstić information content (AvgIpc) is 2.54. The molecule has 1 aromatic carbocycles. The van der Waals surface area contributed by atoms with Crippen LogP contribution in [-0.2, 0) is 14.3 Å². The van der Waals surface area contributed by atoms with Gasteiger partial charge in [0.25, 0.3) is 0 Å². The molecule has 1 aliphatic carbocycles. The Hall–Kier alpha value is -2.23. The molecule has 0 aliphatic heterocycles. The first kappa shape index (κ1) is 14.2. The summed E-state index contributed by atoms with van der Waals surface area (Å²) in [6, 6.07) is 8.64. The third kappa shape index (κ3) is 2.41. The summed E-state index contributed by atoms with van der Waals surface area (Å²) in [5, 5.41) is 0. The Morgan fingerprint density at radius 3 is 2.55 bits per heavy atom. The summed E-state index contributed by atoms with van der Waals surface area (Å²) in [6.07, 6.45) is 3.46. The van der Waals surface area contributed by atoms with E-state index in [0.29, 0.717) is 30.3 Å². The summed E-state index contributed by atoms with van der Waals surface area (Å²) >= 11 is 0. The van der Waals surface area contributed by atoms with Gasteiger partial charge in [0, 0.05) is 5.56 Å². The van der Waals surface area contributed by atoms with Crippen molar-refractivity contribution in [2.24, 2.45) is 5.41 Å². The van der Waals surface area contributed by atoms with Crippen molar-refractivity contribution < 1.29 is 19.1 Å². The fourth-order valence-electron chi connectivity index (χ4n) is 2.62. The van der Waals surface area contributed by atoms with E-state index in [1.807, 2.05) is 0 Å². The smallest absolute Gasteiger partial charge is 0.320 e. The lowest BCUT2D eigenvalue weighted by Crippen LogP contribution is -2.42. The van der Waals surface area contributed by atoms with Gasteiger partial charge in [-0.2, -0.15) is 0 Å².